The Labute approximate surface area is 106 Å². The summed E-state index contributed by atoms with van der Waals surface area (Å²) in [7, 11) is 0. The van der Waals surface area contributed by atoms with Gasteiger partial charge in [-0.2, -0.15) is 12.6 Å². The van der Waals surface area contributed by atoms with Crippen LogP contribution in [-0.4, -0.2) is 23.2 Å². The van der Waals surface area contributed by atoms with E-state index in [9.17, 15) is 0 Å². The lowest BCUT2D eigenvalue weighted by atomic mass is 9.78. The van der Waals surface area contributed by atoms with Crippen LogP contribution in [0.5, 0.6) is 0 Å². The second-order valence-corrected chi connectivity index (χ2v) is 5.79. The lowest BCUT2D eigenvalue weighted by molar-refractivity contribution is 0.0874. The van der Waals surface area contributed by atoms with Crippen LogP contribution in [-0.2, 0) is 0 Å². The van der Waals surface area contributed by atoms with Crippen molar-refractivity contribution in [3.8, 4) is 0 Å². The van der Waals surface area contributed by atoms with Crippen LogP contribution in [0.1, 0.15) is 51.4 Å². The number of piperidine rings is 1. The average molecular weight is 239 g/mol. The van der Waals surface area contributed by atoms with Crippen LogP contribution in [0.25, 0.3) is 0 Å². The number of thiol groups is 1. The summed E-state index contributed by atoms with van der Waals surface area (Å²) in [6, 6.07) is 0.829. The van der Waals surface area contributed by atoms with E-state index in [4.69, 9.17) is 0 Å². The van der Waals surface area contributed by atoms with Crippen molar-refractivity contribution in [2.24, 2.45) is 5.92 Å². The quantitative estimate of drug-likeness (QED) is 0.729. The molecule has 2 fully saturated rings. The fraction of sp³-hybridized carbons (Fsp3) is 0.857. The Morgan fingerprint density at radius 3 is 2.75 bits per heavy atom. The highest BCUT2D eigenvalue weighted by Gasteiger charge is 2.33. The van der Waals surface area contributed by atoms with Crippen molar-refractivity contribution < 1.29 is 0 Å². The molecule has 1 saturated carbocycles. The molecule has 0 aromatic rings. The van der Waals surface area contributed by atoms with Crippen molar-refractivity contribution in [3.05, 3.63) is 12.3 Å². The summed E-state index contributed by atoms with van der Waals surface area (Å²) in [6.07, 6.45) is 10.9. The zero-order valence-electron chi connectivity index (χ0n) is 10.3. The highest BCUT2D eigenvalue weighted by molar-refractivity contribution is 7.80. The van der Waals surface area contributed by atoms with E-state index in [-0.39, 0.29) is 0 Å². The number of likely N-dealkylation sites (tertiary alicyclic amines) is 1. The van der Waals surface area contributed by atoms with E-state index in [1.54, 1.807) is 0 Å². The number of hydrogen-bond donors (Lipinski definition) is 1. The van der Waals surface area contributed by atoms with Gasteiger partial charge in [0, 0.05) is 18.3 Å². The van der Waals surface area contributed by atoms with Crippen LogP contribution < -0.4 is 0 Å². The van der Waals surface area contributed by atoms with Crippen molar-refractivity contribution in [1.29, 1.82) is 0 Å². The Balaban J connectivity index is 1.93. The first-order chi connectivity index (χ1) is 7.83. The van der Waals surface area contributed by atoms with E-state index < -0.39 is 0 Å². The van der Waals surface area contributed by atoms with Gasteiger partial charge in [0.15, 0.2) is 0 Å². The van der Waals surface area contributed by atoms with E-state index >= 15 is 0 Å². The van der Waals surface area contributed by atoms with Crippen LogP contribution in [0.2, 0.25) is 0 Å². The summed E-state index contributed by atoms with van der Waals surface area (Å²) < 4.78 is 0. The number of rotatable bonds is 4. The molecule has 0 aromatic heterocycles. The number of nitrogens with zero attached hydrogens (tertiary/aromatic N) is 1. The molecule has 2 heteroatoms. The van der Waals surface area contributed by atoms with Crippen molar-refractivity contribution in [2.45, 2.75) is 57.4 Å². The summed E-state index contributed by atoms with van der Waals surface area (Å²) >= 11 is 4.29. The van der Waals surface area contributed by atoms with Gasteiger partial charge in [0.2, 0.25) is 0 Å². The largest absolute Gasteiger partial charge is 0.372 e. The number of allylic oxidation sites excluding steroid dienone is 1. The summed E-state index contributed by atoms with van der Waals surface area (Å²) in [5.74, 6) is 1.95. The molecule has 2 unspecified atom stereocenters. The molecule has 92 valence electrons. The van der Waals surface area contributed by atoms with E-state index in [0.717, 1.165) is 24.1 Å². The Hall–Kier alpha value is -0.110. The topological polar surface area (TPSA) is 3.24 Å². The van der Waals surface area contributed by atoms with Crippen LogP contribution in [0.15, 0.2) is 12.3 Å². The minimum atomic E-state index is 0.829. The molecule has 1 heterocycles. The van der Waals surface area contributed by atoms with Crippen LogP contribution >= 0.6 is 12.6 Å². The Morgan fingerprint density at radius 2 is 1.94 bits per heavy atom. The van der Waals surface area contributed by atoms with Crippen LogP contribution in [0.3, 0.4) is 0 Å². The monoisotopic (exact) mass is 239 g/mol. The third kappa shape index (κ3) is 2.77. The molecule has 2 aliphatic rings. The first kappa shape index (κ1) is 12.3. The maximum absolute atomic E-state index is 4.30. The Bertz CT molecular complexity index is 237. The zero-order valence-corrected chi connectivity index (χ0v) is 11.2. The third-order valence-electron chi connectivity index (χ3n) is 4.27. The smallest absolute Gasteiger partial charge is 0.0314 e. The highest BCUT2D eigenvalue weighted by Crippen LogP contribution is 2.37. The van der Waals surface area contributed by atoms with Gasteiger partial charge in [-0.05, 0) is 50.2 Å². The molecule has 1 saturated heterocycles. The van der Waals surface area contributed by atoms with E-state index in [0.29, 0.717) is 0 Å². The maximum atomic E-state index is 4.30. The molecule has 0 aromatic carbocycles. The average Bonchev–Trinajstić information content (AvgIpc) is 2.35. The summed E-state index contributed by atoms with van der Waals surface area (Å²) in [5.41, 5.74) is 1.38. The fourth-order valence-electron chi connectivity index (χ4n) is 3.44. The summed E-state index contributed by atoms with van der Waals surface area (Å²) in [4.78, 5) is 2.64. The fourth-order valence-corrected chi connectivity index (χ4v) is 3.60. The molecule has 1 aliphatic heterocycles. The molecule has 0 spiro atoms. The second kappa shape index (κ2) is 6.00. The molecule has 0 radical (unpaired) electrons. The predicted octanol–water partition coefficient (Wildman–Crippen LogP) is 3.86. The number of fused-ring (bicyclic) bond motifs is 1. The number of hydrogen-bond acceptors (Lipinski definition) is 2. The molecule has 0 amide bonds. The lowest BCUT2D eigenvalue weighted by Crippen LogP contribution is -2.45. The predicted molar refractivity (Wildman–Crippen MR) is 73.9 cm³/mol. The first-order valence-electron chi connectivity index (χ1n) is 6.88. The van der Waals surface area contributed by atoms with E-state index in [1.165, 1.54) is 57.2 Å². The Kier molecular flexibility index (Phi) is 4.63. The van der Waals surface area contributed by atoms with Crippen molar-refractivity contribution in [3.63, 3.8) is 0 Å². The molecule has 2 rings (SSSR count). The first-order valence-corrected chi connectivity index (χ1v) is 7.51. The normalized spacial score (nSPS) is 29.9. The van der Waals surface area contributed by atoms with Gasteiger partial charge in [0.05, 0.1) is 0 Å². The second-order valence-electron chi connectivity index (χ2n) is 5.34. The van der Waals surface area contributed by atoms with Crippen molar-refractivity contribution >= 4 is 12.6 Å². The van der Waals surface area contributed by atoms with Gasteiger partial charge in [-0.25, -0.2) is 0 Å². The molecule has 1 aliphatic carbocycles. The van der Waals surface area contributed by atoms with Gasteiger partial charge in [0.25, 0.3) is 0 Å². The van der Waals surface area contributed by atoms with E-state index in [2.05, 4.69) is 24.1 Å². The van der Waals surface area contributed by atoms with Gasteiger partial charge >= 0.3 is 0 Å². The molecule has 1 nitrogen and oxygen atoms in total. The minimum Gasteiger partial charge on any atom is -0.372 e. The molecule has 16 heavy (non-hydrogen) atoms. The van der Waals surface area contributed by atoms with Crippen molar-refractivity contribution in [2.75, 3.05) is 12.3 Å². The van der Waals surface area contributed by atoms with Gasteiger partial charge in [-0.15, -0.1) is 0 Å². The minimum absolute atomic E-state index is 0.829. The van der Waals surface area contributed by atoms with Gasteiger partial charge in [-0.3, -0.25) is 0 Å². The highest BCUT2D eigenvalue weighted by atomic mass is 32.1. The molecule has 0 N–H and O–H groups in total. The Morgan fingerprint density at radius 1 is 1.19 bits per heavy atom. The van der Waals surface area contributed by atoms with Gasteiger partial charge < -0.3 is 4.90 Å². The van der Waals surface area contributed by atoms with Gasteiger partial charge in [0.1, 0.15) is 0 Å². The zero-order chi connectivity index (χ0) is 11.4. The van der Waals surface area contributed by atoms with Crippen LogP contribution in [0, 0.1) is 5.92 Å². The maximum Gasteiger partial charge on any atom is 0.0314 e. The third-order valence-corrected chi connectivity index (χ3v) is 4.59. The van der Waals surface area contributed by atoms with Gasteiger partial charge in [-0.1, -0.05) is 19.4 Å². The standard InChI is InChI=1S/C14H25NS/c1-12(6-5-11-16)15-10-4-8-13-7-2-3-9-14(13)15/h13-14,16H,1-11H2. The van der Waals surface area contributed by atoms with E-state index in [1.807, 2.05) is 0 Å². The molecular weight excluding hydrogens is 214 g/mol. The molecule has 2 atom stereocenters. The molecule has 0 bridgehead atoms. The molecular formula is C14H25NS. The lowest BCUT2D eigenvalue weighted by Gasteiger charge is -2.46. The van der Waals surface area contributed by atoms with Crippen molar-refractivity contribution in [1.82, 2.24) is 4.90 Å². The summed E-state index contributed by atoms with van der Waals surface area (Å²) in [5, 5.41) is 0. The SMILES string of the molecule is C=C(CCCS)N1CCCC2CCCCC21. The summed E-state index contributed by atoms with van der Waals surface area (Å²) in [6.45, 7) is 5.56. The van der Waals surface area contributed by atoms with Crippen LogP contribution in [0.4, 0.5) is 0 Å².